The Morgan fingerprint density at radius 1 is 1.53 bits per heavy atom. The van der Waals surface area contributed by atoms with Crippen LogP contribution in [0.1, 0.15) is 26.0 Å². The molecule has 3 N–H and O–H groups in total. The highest BCUT2D eigenvalue weighted by molar-refractivity contribution is 5.67. The molecule has 1 aliphatic rings. The van der Waals surface area contributed by atoms with Gasteiger partial charge in [-0.1, -0.05) is 6.92 Å². The highest BCUT2D eigenvalue weighted by Crippen LogP contribution is 2.30. The zero-order valence-electron chi connectivity index (χ0n) is 12.0. The average molecular weight is 268 g/mol. The lowest BCUT2D eigenvalue weighted by molar-refractivity contribution is -0.0107. The molecular formula is C13H24N4O2. The van der Waals surface area contributed by atoms with Crippen molar-refractivity contribution in [1.29, 1.82) is 0 Å². The van der Waals surface area contributed by atoms with E-state index in [9.17, 15) is 5.11 Å². The molecule has 6 nitrogen and oxygen atoms in total. The summed E-state index contributed by atoms with van der Waals surface area (Å²) in [6.07, 6.45) is 0.858. The first-order valence-electron chi connectivity index (χ1n) is 6.90. The van der Waals surface area contributed by atoms with Crippen LogP contribution in [0.5, 0.6) is 0 Å². The topological polar surface area (TPSA) is 76.5 Å². The third-order valence-electron chi connectivity index (χ3n) is 3.56. The summed E-state index contributed by atoms with van der Waals surface area (Å²) in [5.41, 5.74) is 7.78. The fraction of sp³-hybridized carbons (Fsp3) is 0.769. The highest BCUT2D eigenvalue weighted by Gasteiger charge is 2.30. The second-order valence-corrected chi connectivity index (χ2v) is 5.19. The largest absolute Gasteiger partial charge is 0.394 e. The number of nitrogens with two attached hydrogens (primary N) is 1. The predicted molar refractivity (Wildman–Crippen MR) is 75.3 cm³/mol. The van der Waals surface area contributed by atoms with Crippen LogP contribution in [0.25, 0.3) is 0 Å². The number of rotatable bonds is 4. The fourth-order valence-corrected chi connectivity index (χ4v) is 2.48. The first kappa shape index (κ1) is 14.1. The number of hydrogen-bond acceptors (Lipinski definition) is 5. The highest BCUT2D eigenvalue weighted by atomic mass is 16.5. The van der Waals surface area contributed by atoms with Crippen molar-refractivity contribution in [2.75, 3.05) is 30.4 Å². The number of nitrogen functional groups attached to an aromatic ring is 1. The van der Waals surface area contributed by atoms with Gasteiger partial charge >= 0.3 is 0 Å². The lowest BCUT2D eigenvalue weighted by atomic mass is 10.2. The number of aromatic nitrogens is 2. The molecule has 0 saturated carbocycles. The normalized spacial score (nSPS) is 23.9. The van der Waals surface area contributed by atoms with Crippen molar-refractivity contribution in [1.82, 2.24) is 9.78 Å². The molecule has 0 amide bonds. The first-order valence-corrected chi connectivity index (χ1v) is 6.90. The Kier molecular flexibility index (Phi) is 4.31. The van der Waals surface area contributed by atoms with Crippen LogP contribution in [-0.2, 0) is 11.3 Å². The molecule has 0 bridgehead atoms. The van der Waals surface area contributed by atoms with E-state index in [1.54, 1.807) is 0 Å². The van der Waals surface area contributed by atoms with Crippen molar-refractivity contribution in [3.8, 4) is 0 Å². The fourth-order valence-electron chi connectivity index (χ4n) is 2.48. The van der Waals surface area contributed by atoms with E-state index in [1.807, 2.05) is 11.6 Å². The number of morpholine rings is 1. The standard InChI is InChI=1S/C13H24N4O2/c1-4-5-17-13(12(14)10(3)15-17)16-6-11(7-18)19-8-9(16)2/h9,11,18H,4-8,14H2,1-3H3. The molecule has 2 rings (SSSR count). The van der Waals surface area contributed by atoms with Gasteiger partial charge in [-0.2, -0.15) is 5.10 Å². The molecule has 2 unspecified atom stereocenters. The monoisotopic (exact) mass is 268 g/mol. The molecular weight excluding hydrogens is 244 g/mol. The lowest BCUT2D eigenvalue weighted by Gasteiger charge is -2.39. The van der Waals surface area contributed by atoms with E-state index in [4.69, 9.17) is 10.5 Å². The molecule has 1 saturated heterocycles. The molecule has 1 aliphatic heterocycles. The second-order valence-electron chi connectivity index (χ2n) is 5.19. The molecule has 6 heteroatoms. The number of nitrogens with zero attached hydrogens (tertiary/aromatic N) is 3. The van der Waals surface area contributed by atoms with E-state index >= 15 is 0 Å². The first-order chi connectivity index (χ1) is 9.08. The van der Waals surface area contributed by atoms with Crippen molar-refractivity contribution < 1.29 is 9.84 Å². The Balaban J connectivity index is 2.32. The molecule has 0 spiro atoms. The molecule has 2 atom stereocenters. The zero-order chi connectivity index (χ0) is 14.0. The van der Waals surface area contributed by atoms with E-state index in [-0.39, 0.29) is 18.8 Å². The summed E-state index contributed by atoms with van der Waals surface area (Å²) in [7, 11) is 0. The summed E-state index contributed by atoms with van der Waals surface area (Å²) in [4.78, 5) is 2.20. The SMILES string of the molecule is CCCn1nc(C)c(N)c1N1CC(CO)OCC1C. The van der Waals surface area contributed by atoms with Gasteiger partial charge in [0.15, 0.2) is 5.82 Å². The summed E-state index contributed by atoms with van der Waals surface area (Å²) in [6.45, 7) is 8.28. The minimum atomic E-state index is -0.152. The number of ether oxygens (including phenoxy) is 1. The average Bonchev–Trinajstić information content (AvgIpc) is 2.67. The molecule has 0 radical (unpaired) electrons. The van der Waals surface area contributed by atoms with Crippen LogP contribution in [0.2, 0.25) is 0 Å². The number of aliphatic hydroxyl groups is 1. The molecule has 2 heterocycles. The molecule has 19 heavy (non-hydrogen) atoms. The van der Waals surface area contributed by atoms with Gasteiger partial charge in [0.1, 0.15) is 0 Å². The maximum atomic E-state index is 9.28. The van der Waals surface area contributed by atoms with Crippen LogP contribution in [0, 0.1) is 6.92 Å². The maximum absolute atomic E-state index is 9.28. The van der Waals surface area contributed by atoms with Crippen molar-refractivity contribution in [2.45, 2.75) is 45.9 Å². The van der Waals surface area contributed by atoms with Gasteiger partial charge in [-0.3, -0.25) is 0 Å². The summed E-state index contributed by atoms with van der Waals surface area (Å²) in [6, 6.07) is 0.233. The van der Waals surface area contributed by atoms with E-state index in [1.165, 1.54) is 0 Å². The summed E-state index contributed by atoms with van der Waals surface area (Å²) >= 11 is 0. The van der Waals surface area contributed by atoms with Gasteiger partial charge in [0.2, 0.25) is 0 Å². The molecule has 1 fully saturated rings. The number of aryl methyl sites for hydroxylation is 2. The lowest BCUT2D eigenvalue weighted by Crippen LogP contribution is -2.50. The predicted octanol–water partition coefficient (Wildman–Crippen LogP) is 0.770. The van der Waals surface area contributed by atoms with E-state index in [2.05, 4.69) is 23.8 Å². The quantitative estimate of drug-likeness (QED) is 0.843. The van der Waals surface area contributed by atoms with Crippen molar-refractivity contribution in [2.24, 2.45) is 0 Å². The van der Waals surface area contributed by atoms with Gasteiger partial charge in [0.05, 0.1) is 36.7 Å². The summed E-state index contributed by atoms with van der Waals surface area (Å²) in [5.74, 6) is 0.966. The molecule has 108 valence electrons. The molecule has 1 aromatic rings. The Morgan fingerprint density at radius 3 is 2.89 bits per heavy atom. The van der Waals surface area contributed by atoms with Gasteiger partial charge in [-0.15, -0.1) is 0 Å². The van der Waals surface area contributed by atoms with Gasteiger partial charge in [-0.05, 0) is 20.3 Å². The van der Waals surface area contributed by atoms with Crippen LogP contribution in [0.15, 0.2) is 0 Å². The van der Waals surface area contributed by atoms with Crippen LogP contribution in [-0.4, -0.2) is 46.8 Å². The van der Waals surface area contributed by atoms with E-state index in [0.717, 1.165) is 30.2 Å². The summed E-state index contributed by atoms with van der Waals surface area (Å²) < 4.78 is 7.55. The summed E-state index contributed by atoms with van der Waals surface area (Å²) in [5, 5.41) is 13.8. The minimum absolute atomic E-state index is 0.0318. The van der Waals surface area contributed by atoms with Gasteiger partial charge in [-0.25, -0.2) is 4.68 Å². The van der Waals surface area contributed by atoms with Crippen LogP contribution >= 0.6 is 0 Å². The van der Waals surface area contributed by atoms with Crippen molar-refractivity contribution >= 4 is 11.5 Å². The Hall–Kier alpha value is -1.27. The third-order valence-corrected chi connectivity index (χ3v) is 3.56. The van der Waals surface area contributed by atoms with Crippen LogP contribution < -0.4 is 10.6 Å². The van der Waals surface area contributed by atoms with Gasteiger partial charge in [0.25, 0.3) is 0 Å². The van der Waals surface area contributed by atoms with Crippen molar-refractivity contribution in [3.05, 3.63) is 5.69 Å². The van der Waals surface area contributed by atoms with Crippen LogP contribution in [0.4, 0.5) is 11.5 Å². The molecule has 0 aliphatic carbocycles. The Bertz CT molecular complexity index is 433. The minimum Gasteiger partial charge on any atom is -0.394 e. The number of anilines is 2. The van der Waals surface area contributed by atoms with E-state index in [0.29, 0.717) is 13.2 Å². The second kappa shape index (κ2) is 5.79. The zero-order valence-corrected chi connectivity index (χ0v) is 12.0. The number of aliphatic hydroxyl groups excluding tert-OH is 1. The van der Waals surface area contributed by atoms with Crippen molar-refractivity contribution in [3.63, 3.8) is 0 Å². The molecule has 0 aromatic carbocycles. The Morgan fingerprint density at radius 2 is 2.26 bits per heavy atom. The maximum Gasteiger partial charge on any atom is 0.151 e. The van der Waals surface area contributed by atoms with E-state index < -0.39 is 0 Å². The molecule has 1 aromatic heterocycles. The van der Waals surface area contributed by atoms with Crippen LogP contribution in [0.3, 0.4) is 0 Å². The third kappa shape index (κ3) is 2.69. The Labute approximate surface area is 114 Å². The smallest absolute Gasteiger partial charge is 0.151 e. The van der Waals surface area contributed by atoms with Gasteiger partial charge in [0, 0.05) is 13.1 Å². The number of hydrogen-bond donors (Lipinski definition) is 2. The van der Waals surface area contributed by atoms with Gasteiger partial charge < -0.3 is 20.5 Å².